The lowest BCUT2D eigenvalue weighted by atomic mass is 10.1. The molecular weight excluding hydrogens is 302 g/mol. The van der Waals surface area contributed by atoms with Gasteiger partial charge in [-0.05, 0) is 40.7 Å². The van der Waals surface area contributed by atoms with Crippen molar-refractivity contribution in [3.05, 3.63) is 29.1 Å². The fraction of sp³-hybridized carbons (Fsp3) is 0.467. The molecule has 0 radical (unpaired) electrons. The highest BCUT2D eigenvalue weighted by Gasteiger charge is 2.18. The fourth-order valence-electron chi connectivity index (χ4n) is 1.56. The first kappa shape index (κ1) is 18.4. The quantitative estimate of drug-likeness (QED) is 0.648. The lowest BCUT2D eigenvalue weighted by molar-refractivity contribution is 0.0480. The zero-order valence-corrected chi connectivity index (χ0v) is 13.9. The summed E-state index contributed by atoms with van der Waals surface area (Å²) in [7, 11) is 0. The Balaban J connectivity index is 2.75. The summed E-state index contributed by atoms with van der Waals surface area (Å²) in [5.74, 6) is -1.19. The number of aryl methyl sites for hydroxylation is 1. The molecule has 1 aromatic rings. The molecule has 0 aliphatic carbocycles. The molecule has 23 heavy (non-hydrogen) atoms. The number of carbonyl (C=O) groups is 3. The highest BCUT2D eigenvalue weighted by molar-refractivity contribution is 5.98. The number of nitrogens with zero attached hydrogens (tertiary/aromatic N) is 1. The molecule has 0 unspecified atom stereocenters. The molecule has 0 fully saturated rings. The van der Waals surface area contributed by atoms with Crippen LogP contribution < -0.4 is 10.9 Å². The van der Waals surface area contributed by atoms with Crippen molar-refractivity contribution < 1.29 is 23.9 Å². The zero-order valence-electron chi connectivity index (χ0n) is 13.9. The molecular formula is C15H21N3O5. The molecule has 2 amide bonds. The monoisotopic (exact) mass is 323 g/mol. The Morgan fingerprint density at radius 3 is 2.43 bits per heavy atom. The normalized spacial score (nSPS) is 10.7. The van der Waals surface area contributed by atoms with Crippen molar-refractivity contribution in [3.8, 4) is 0 Å². The Labute approximate surface area is 134 Å². The number of aromatic nitrogens is 1. The van der Waals surface area contributed by atoms with Gasteiger partial charge in [-0.2, -0.15) is 0 Å². The van der Waals surface area contributed by atoms with Gasteiger partial charge in [-0.3, -0.25) is 15.2 Å². The summed E-state index contributed by atoms with van der Waals surface area (Å²) in [6.45, 7) is 8.63. The standard InChI is InChI=1S/C15H21N3O5/c1-6-22-13(20)11-7-10(8-16-9(11)2)12(19)17-18-14(21)23-15(3,4)5/h7-8H,6H2,1-5H3,(H,17,19)(H,18,21). The zero-order chi connectivity index (χ0) is 17.6. The van der Waals surface area contributed by atoms with Gasteiger partial charge in [0.05, 0.1) is 23.4 Å². The van der Waals surface area contributed by atoms with E-state index >= 15 is 0 Å². The Morgan fingerprint density at radius 1 is 1.22 bits per heavy atom. The predicted octanol–water partition coefficient (Wildman–Crippen LogP) is 1.74. The third-order valence-electron chi connectivity index (χ3n) is 2.52. The van der Waals surface area contributed by atoms with Gasteiger partial charge in [-0.25, -0.2) is 15.0 Å². The number of ether oxygens (including phenoxy) is 2. The number of rotatable bonds is 3. The van der Waals surface area contributed by atoms with E-state index in [1.807, 2.05) is 0 Å². The van der Waals surface area contributed by atoms with Gasteiger partial charge in [0.2, 0.25) is 0 Å². The maximum Gasteiger partial charge on any atom is 0.426 e. The van der Waals surface area contributed by atoms with E-state index in [0.29, 0.717) is 5.69 Å². The Kier molecular flexibility index (Phi) is 6.06. The van der Waals surface area contributed by atoms with Crippen LogP contribution in [0.1, 0.15) is 54.1 Å². The molecule has 1 aromatic heterocycles. The van der Waals surface area contributed by atoms with Crippen molar-refractivity contribution in [2.24, 2.45) is 0 Å². The summed E-state index contributed by atoms with van der Waals surface area (Å²) in [6, 6.07) is 1.35. The van der Waals surface area contributed by atoms with Crippen molar-refractivity contribution in [1.82, 2.24) is 15.8 Å². The van der Waals surface area contributed by atoms with E-state index in [-0.39, 0.29) is 17.7 Å². The second-order valence-electron chi connectivity index (χ2n) is 5.66. The van der Waals surface area contributed by atoms with E-state index < -0.39 is 23.6 Å². The number of nitrogens with one attached hydrogen (secondary N) is 2. The van der Waals surface area contributed by atoms with E-state index in [1.54, 1.807) is 34.6 Å². The van der Waals surface area contributed by atoms with Crippen molar-refractivity contribution in [2.75, 3.05) is 6.61 Å². The minimum atomic E-state index is -0.795. The minimum Gasteiger partial charge on any atom is -0.462 e. The van der Waals surface area contributed by atoms with Crippen molar-refractivity contribution >= 4 is 18.0 Å². The molecule has 0 saturated heterocycles. The molecule has 2 N–H and O–H groups in total. The average Bonchev–Trinajstić information content (AvgIpc) is 2.43. The number of hydrogen-bond acceptors (Lipinski definition) is 6. The maximum atomic E-state index is 12.0. The molecule has 0 saturated carbocycles. The Hall–Kier alpha value is -2.64. The molecule has 8 heteroatoms. The summed E-state index contributed by atoms with van der Waals surface area (Å²) >= 11 is 0. The fourth-order valence-corrected chi connectivity index (χ4v) is 1.56. The van der Waals surface area contributed by atoms with Crippen LogP contribution in [0.2, 0.25) is 0 Å². The first-order chi connectivity index (χ1) is 10.6. The van der Waals surface area contributed by atoms with Gasteiger partial charge >= 0.3 is 12.1 Å². The molecule has 0 atom stereocenters. The number of esters is 1. The van der Waals surface area contributed by atoms with Crippen LogP contribution in [0.15, 0.2) is 12.3 Å². The Bertz CT molecular complexity index is 608. The lowest BCUT2D eigenvalue weighted by Gasteiger charge is -2.19. The first-order valence-corrected chi connectivity index (χ1v) is 7.07. The van der Waals surface area contributed by atoms with E-state index in [2.05, 4.69) is 15.8 Å². The third kappa shape index (κ3) is 5.93. The lowest BCUT2D eigenvalue weighted by Crippen LogP contribution is -2.44. The van der Waals surface area contributed by atoms with Crippen molar-refractivity contribution in [2.45, 2.75) is 40.2 Å². The van der Waals surface area contributed by atoms with Crippen molar-refractivity contribution in [1.29, 1.82) is 0 Å². The molecule has 0 aliphatic heterocycles. The summed E-state index contributed by atoms with van der Waals surface area (Å²) in [5, 5.41) is 0. The van der Waals surface area contributed by atoms with Crippen LogP contribution in [0.5, 0.6) is 0 Å². The third-order valence-corrected chi connectivity index (χ3v) is 2.52. The van der Waals surface area contributed by atoms with Gasteiger partial charge in [0.25, 0.3) is 5.91 Å². The van der Waals surface area contributed by atoms with Crippen LogP contribution in [0.3, 0.4) is 0 Å². The van der Waals surface area contributed by atoms with Gasteiger partial charge in [0, 0.05) is 6.20 Å². The molecule has 0 bridgehead atoms. The number of hydrazine groups is 1. The SMILES string of the molecule is CCOC(=O)c1cc(C(=O)NNC(=O)OC(C)(C)C)cnc1C. The number of pyridine rings is 1. The topological polar surface area (TPSA) is 107 Å². The summed E-state index contributed by atoms with van der Waals surface area (Å²) in [6.07, 6.45) is 0.501. The summed E-state index contributed by atoms with van der Waals surface area (Å²) in [4.78, 5) is 39.2. The summed E-state index contributed by atoms with van der Waals surface area (Å²) in [5.41, 5.74) is 4.36. The molecule has 8 nitrogen and oxygen atoms in total. The maximum absolute atomic E-state index is 12.0. The molecule has 0 aliphatic rings. The highest BCUT2D eigenvalue weighted by Crippen LogP contribution is 2.10. The predicted molar refractivity (Wildman–Crippen MR) is 81.8 cm³/mol. The van der Waals surface area contributed by atoms with Crippen LogP contribution in [-0.2, 0) is 9.47 Å². The second-order valence-corrected chi connectivity index (χ2v) is 5.66. The molecule has 0 aromatic carbocycles. The highest BCUT2D eigenvalue weighted by atomic mass is 16.6. The van der Waals surface area contributed by atoms with E-state index in [9.17, 15) is 14.4 Å². The van der Waals surface area contributed by atoms with Crippen LogP contribution in [-0.4, -0.2) is 35.2 Å². The molecule has 0 spiro atoms. The van der Waals surface area contributed by atoms with E-state index in [1.165, 1.54) is 12.3 Å². The first-order valence-electron chi connectivity index (χ1n) is 7.07. The Morgan fingerprint density at radius 2 is 1.87 bits per heavy atom. The number of amides is 2. The van der Waals surface area contributed by atoms with Crippen LogP contribution in [0.25, 0.3) is 0 Å². The van der Waals surface area contributed by atoms with Crippen LogP contribution in [0, 0.1) is 6.92 Å². The van der Waals surface area contributed by atoms with Gasteiger partial charge in [0.15, 0.2) is 0 Å². The molecule has 126 valence electrons. The van der Waals surface area contributed by atoms with Gasteiger partial charge in [-0.1, -0.05) is 0 Å². The number of carbonyl (C=O) groups excluding carboxylic acids is 3. The largest absolute Gasteiger partial charge is 0.462 e. The van der Waals surface area contributed by atoms with Gasteiger partial charge in [0.1, 0.15) is 5.60 Å². The van der Waals surface area contributed by atoms with Crippen LogP contribution >= 0.6 is 0 Å². The smallest absolute Gasteiger partial charge is 0.426 e. The summed E-state index contributed by atoms with van der Waals surface area (Å²) < 4.78 is 9.88. The van der Waals surface area contributed by atoms with E-state index in [0.717, 1.165) is 0 Å². The molecule has 1 rings (SSSR count). The molecule has 1 heterocycles. The van der Waals surface area contributed by atoms with Gasteiger partial charge < -0.3 is 9.47 Å². The van der Waals surface area contributed by atoms with Gasteiger partial charge in [-0.15, -0.1) is 0 Å². The van der Waals surface area contributed by atoms with Crippen LogP contribution in [0.4, 0.5) is 4.79 Å². The average molecular weight is 323 g/mol. The van der Waals surface area contributed by atoms with E-state index in [4.69, 9.17) is 9.47 Å². The minimum absolute atomic E-state index is 0.106. The second kappa shape index (κ2) is 7.57. The van der Waals surface area contributed by atoms with Crippen molar-refractivity contribution in [3.63, 3.8) is 0 Å². The number of hydrogen-bond donors (Lipinski definition) is 2.